The summed E-state index contributed by atoms with van der Waals surface area (Å²) in [5.74, 6) is 0.109. The van der Waals surface area contributed by atoms with Crippen molar-refractivity contribution >= 4 is 8.32 Å². The second-order valence-corrected chi connectivity index (χ2v) is 18.4. The lowest BCUT2D eigenvalue weighted by Crippen LogP contribution is -2.44. The van der Waals surface area contributed by atoms with Crippen LogP contribution in [0, 0.1) is 5.41 Å². The molecule has 1 N–H and O–H groups in total. The molecule has 0 radical (unpaired) electrons. The molecule has 2 aliphatic rings. The van der Waals surface area contributed by atoms with Crippen molar-refractivity contribution < 1.29 is 22.7 Å². The summed E-state index contributed by atoms with van der Waals surface area (Å²) in [6, 6.07) is 4.90. The normalized spacial score (nSPS) is 22.2. The van der Waals surface area contributed by atoms with Gasteiger partial charge in [0.1, 0.15) is 6.10 Å². The number of allylic oxidation sites excluding steroid dienone is 2. The zero-order chi connectivity index (χ0) is 29.0. The first-order valence-electron chi connectivity index (χ1n) is 14.2. The molecular weight excluding hydrogens is 515 g/mol. The van der Waals surface area contributed by atoms with Crippen molar-refractivity contribution in [2.75, 3.05) is 0 Å². The molecule has 0 saturated carbocycles. The van der Waals surface area contributed by atoms with Gasteiger partial charge < -0.3 is 9.53 Å². The molecule has 2 aliphatic carbocycles. The number of aliphatic hydroxyl groups is 1. The first kappa shape index (κ1) is 30.0. The maximum Gasteiger partial charge on any atom is 0.416 e. The fourth-order valence-electron chi connectivity index (χ4n) is 5.86. The molecule has 7 heteroatoms. The molecule has 0 bridgehead atoms. The van der Waals surface area contributed by atoms with E-state index in [4.69, 9.17) is 9.41 Å². The lowest BCUT2D eigenvalue weighted by molar-refractivity contribution is -0.137. The van der Waals surface area contributed by atoms with Crippen LogP contribution in [-0.2, 0) is 23.4 Å². The van der Waals surface area contributed by atoms with E-state index < -0.39 is 26.2 Å². The second-order valence-electron chi connectivity index (χ2n) is 13.6. The van der Waals surface area contributed by atoms with Crippen LogP contribution in [0.4, 0.5) is 13.2 Å². The molecule has 1 heterocycles. The molecule has 39 heavy (non-hydrogen) atoms. The zero-order valence-electron chi connectivity index (χ0n) is 24.7. The molecule has 0 spiro atoms. The van der Waals surface area contributed by atoms with Crippen LogP contribution >= 0.6 is 0 Å². The molecule has 3 nitrogen and oxygen atoms in total. The molecule has 0 aliphatic heterocycles. The maximum absolute atomic E-state index is 13.3. The Balaban J connectivity index is 1.94. The van der Waals surface area contributed by atoms with E-state index in [2.05, 4.69) is 59.9 Å². The Hall–Kier alpha value is -1.96. The van der Waals surface area contributed by atoms with Crippen LogP contribution in [0.2, 0.25) is 18.1 Å². The van der Waals surface area contributed by atoms with Crippen molar-refractivity contribution in [2.24, 2.45) is 5.41 Å². The van der Waals surface area contributed by atoms with E-state index in [1.54, 1.807) is 0 Å². The smallest absolute Gasteiger partial charge is 0.410 e. The minimum atomic E-state index is -4.42. The van der Waals surface area contributed by atoms with Gasteiger partial charge in [-0.2, -0.15) is 13.2 Å². The monoisotopic (exact) mass is 559 g/mol. The molecule has 1 aromatic heterocycles. The van der Waals surface area contributed by atoms with Crippen molar-refractivity contribution in [3.05, 3.63) is 75.6 Å². The van der Waals surface area contributed by atoms with Crippen LogP contribution in [0.5, 0.6) is 0 Å². The molecule has 0 fully saturated rings. The number of benzene rings is 1. The summed E-state index contributed by atoms with van der Waals surface area (Å²) in [6.07, 6.45) is 2.96. The highest BCUT2D eigenvalue weighted by Gasteiger charge is 2.45. The van der Waals surface area contributed by atoms with Gasteiger partial charge in [-0.25, -0.2) is 0 Å². The predicted octanol–water partition coefficient (Wildman–Crippen LogP) is 9.21. The standard InChI is InChI=1S/C32H44F3NO2Si/c1-9-23-28(29(37)21-14-16-22(17-15-21)32(33,34)35)26(20-12-10-11-13-20)27-24(36-23)18-31(5,6)19-25(27)38-39(7,8)30(2,3)4/h10,12,14-17,20,25,29,37H,9,11,13,18-19H2,1-8H3/t20?,25?,29-/m1/s1. The van der Waals surface area contributed by atoms with Crippen LogP contribution in [-0.4, -0.2) is 18.4 Å². The number of aromatic nitrogens is 1. The number of hydrogen-bond acceptors (Lipinski definition) is 3. The topological polar surface area (TPSA) is 42.4 Å². The van der Waals surface area contributed by atoms with Crippen molar-refractivity contribution in [3.63, 3.8) is 0 Å². The Kier molecular flexibility index (Phi) is 8.05. The first-order chi connectivity index (χ1) is 17.9. The molecule has 0 saturated heterocycles. The second kappa shape index (κ2) is 10.5. The van der Waals surface area contributed by atoms with E-state index in [9.17, 15) is 18.3 Å². The minimum absolute atomic E-state index is 0.00832. The number of rotatable bonds is 6. The number of nitrogens with zero attached hydrogens (tertiary/aromatic N) is 1. The summed E-state index contributed by atoms with van der Waals surface area (Å²) in [5.41, 5.74) is 4.53. The van der Waals surface area contributed by atoms with Crippen LogP contribution in [0.15, 0.2) is 36.4 Å². The van der Waals surface area contributed by atoms with Crippen LogP contribution in [0.1, 0.15) is 118 Å². The Morgan fingerprint density at radius 1 is 1.10 bits per heavy atom. The summed E-state index contributed by atoms with van der Waals surface area (Å²) in [6.45, 7) is 17.8. The highest BCUT2D eigenvalue weighted by molar-refractivity contribution is 6.74. The van der Waals surface area contributed by atoms with Gasteiger partial charge in [-0.1, -0.05) is 65.8 Å². The van der Waals surface area contributed by atoms with Gasteiger partial charge in [0.2, 0.25) is 0 Å². The molecule has 2 unspecified atom stereocenters. The fourth-order valence-corrected chi connectivity index (χ4v) is 7.13. The first-order valence-corrected chi connectivity index (χ1v) is 17.1. The van der Waals surface area contributed by atoms with Gasteiger partial charge in [-0.3, -0.25) is 4.98 Å². The molecular formula is C32H44F3NO2Si. The summed E-state index contributed by atoms with van der Waals surface area (Å²) in [4.78, 5) is 5.18. The summed E-state index contributed by atoms with van der Waals surface area (Å²) in [5, 5.41) is 11.8. The number of alkyl halides is 3. The van der Waals surface area contributed by atoms with E-state index >= 15 is 0 Å². The number of halogens is 3. The van der Waals surface area contributed by atoms with Gasteiger partial charge in [-0.05, 0) is 78.9 Å². The van der Waals surface area contributed by atoms with Crippen LogP contribution in [0.3, 0.4) is 0 Å². The highest BCUT2D eigenvalue weighted by Crippen LogP contribution is 2.52. The number of aryl methyl sites for hydroxylation is 1. The SMILES string of the molecule is CCc1nc2c(c(C3C=CCC3)c1[C@H](O)c1ccc(C(F)(F)F)cc1)C(O[Si](C)(C)C(C)(C)C)CC(C)(C)C2. The van der Waals surface area contributed by atoms with E-state index in [-0.39, 0.29) is 22.5 Å². The number of hydrogen-bond donors (Lipinski definition) is 1. The average molecular weight is 560 g/mol. The Morgan fingerprint density at radius 3 is 2.26 bits per heavy atom. The molecule has 0 amide bonds. The Bertz CT molecular complexity index is 1230. The lowest BCUT2D eigenvalue weighted by Gasteiger charge is -2.45. The van der Waals surface area contributed by atoms with Gasteiger partial charge in [-0.15, -0.1) is 0 Å². The Labute approximate surface area is 233 Å². The van der Waals surface area contributed by atoms with E-state index in [1.165, 1.54) is 12.1 Å². The largest absolute Gasteiger partial charge is 0.416 e. The van der Waals surface area contributed by atoms with Crippen molar-refractivity contribution in [3.8, 4) is 0 Å². The molecule has 4 rings (SSSR count). The zero-order valence-corrected chi connectivity index (χ0v) is 25.7. The van der Waals surface area contributed by atoms with Crippen LogP contribution in [0.25, 0.3) is 0 Å². The van der Waals surface area contributed by atoms with Gasteiger partial charge >= 0.3 is 6.18 Å². The van der Waals surface area contributed by atoms with Gasteiger partial charge in [0.25, 0.3) is 0 Å². The summed E-state index contributed by atoms with van der Waals surface area (Å²) >= 11 is 0. The van der Waals surface area contributed by atoms with Crippen molar-refractivity contribution in [2.45, 2.75) is 116 Å². The highest BCUT2D eigenvalue weighted by atomic mass is 28.4. The lowest BCUT2D eigenvalue weighted by atomic mass is 9.71. The quantitative estimate of drug-likeness (QED) is 0.283. The van der Waals surface area contributed by atoms with Gasteiger partial charge in [0.05, 0.1) is 11.7 Å². The third kappa shape index (κ3) is 6.05. The number of pyridine rings is 1. The fraction of sp³-hybridized carbons (Fsp3) is 0.594. The molecule has 1 aromatic carbocycles. The van der Waals surface area contributed by atoms with Crippen LogP contribution < -0.4 is 0 Å². The molecule has 214 valence electrons. The molecule has 3 atom stereocenters. The van der Waals surface area contributed by atoms with E-state index in [0.717, 1.165) is 65.9 Å². The van der Waals surface area contributed by atoms with Gasteiger partial charge in [0, 0.05) is 28.4 Å². The third-order valence-electron chi connectivity index (χ3n) is 8.97. The average Bonchev–Trinajstić information content (AvgIpc) is 3.35. The molecule has 2 aromatic rings. The van der Waals surface area contributed by atoms with Crippen molar-refractivity contribution in [1.82, 2.24) is 4.98 Å². The summed E-state index contributed by atoms with van der Waals surface area (Å²) < 4.78 is 46.9. The maximum atomic E-state index is 13.3. The van der Waals surface area contributed by atoms with E-state index in [1.807, 2.05) is 6.92 Å². The van der Waals surface area contributed by atoms with Gasteiger partial charge in [0.15, 0.2) is 8.32 Å². The van der Waals surface area contributed by atoms with Crippen molar-refractivity contribution in [1.29, 1.82) is 0 Å². The number of aliphatic hydroxyl groups excluding tert-OH is 1. The number of fused-ring (bicyclic) bond motifs is 1. The third-order valence-corrected chi connectivity index (χ3v) is 13.5. The predicted molar refractivity (Wildman–Crippen MR) is 153 cm³/mol. The Morgan fingerprint density at radius 2 is 1.74 bits per heavy atom. The summed E-state index contributed by atoms with van der Waals surface area (Å²) in [7, 11) is -2.16. The van der Waals surface area contributed by atoms with E-state index in [0.29, 0.717) is 12.0 Å². The minimum Gasteiger partial charge on any atom is -0.410 e.